The highest BCUT2D eigenvalue weighted by Gasteiger charge is 2.45. The van der Waals surface area contributed by atoms with Crippen molar-refractivity contribution in [3.05, 3.63) is 23.4 Å². The van der Waals surface area contributed by atoms with Gasteiger partial charge < -0.3 is 19.2 Å². The maximum Gasteiger partial charge on any atom is 0.276 e. The number of aliphatic hydroxyl groups excluding tert-OH is 2. The summed E-state index contributed by atoms with van der Waals surface area (Å²) in [5, 5.41) is 23.4. The van der Waals surface area contributed by atoms with Gasteiger partial charge in [0.25, 0.3) is 10.0 Å². The highest BCUT2D eigenvalue weighted by molar-refractivity contribution is 7.89. The number of aryl methyl sites for hydroxylation is 1. The molecule has 2 N–H and O–H groups in total. The van der Waals surface area contributed by atoms with Crippen LogP contribution in [0.4, 0.5) is 0 Å². The van der Waals surface area contributed by atoms with Crippen LogP contribution in [-0.2, 0) is 10.0 Å². The first-order valence-electron chi connectivity index (χ1n) is 8.66. The van der Waals surface area contributed by atoms with E-state index in [1.54, 1.807) is 13.0 Å². The number of aliphatic hydroxyl groups is 2. The minimum absolute atomic E-state index is 0.0526. The zero-order valence-corrected chi connectivity index (χ0v) is 15.4. The summed E-state index contributed by atoms with van der Waals surface area (Å²) in [6, 6.07) is 2.99. The zero-order chi connectivity index (χ0) is 18.6. The maximum atomic E-state index is 12.9. The van der Waals surface area contributed by atoms with Gasteiger partial charge in [0, 0.05) is 18.7 Å². The van der Waals surface area contributed by atoms with Crippen LogP contribution >= 0.6 is 0 Å². The van der Waals surface area contributed by atoms with Gasteiger partial charge in [-0.05, 0) is 50.7 Å². The molecule has 1 saturated heterocycles. The second-order valence-electron chi connectivity index (χ2n) is 7.29. The van der Waals surface area contributed by atoms with Gasteiger partial charge in [-0.2, -0.15) is 4.31 Å². The third-order valence-corrected chi connectivity index (χ3v) is 7.34. The standard InChI is InChI=1S/C17H22N2O6S/c1-9-10(2)18-25-17(9)15-3-4-16(24-15)26(22,23)19-7-11-5-13(20)14(21)6-12(11)8-19/h3-4,11-14,20-21H,5-8H2,1-2H3/t11-,12+,13+,14-. The molecule has 9 heteroatoms. The molecule has 0 unspecified atom stereocenters. The summed E-state index contributed by atoms with van der Waals surface area (Å²) in [4.78, 5) is 0. The molecule has 0 bridgehead atoms. The fraction of sp³-hybridized carbons (Fsp3) is 0.588. The molecule has 1 aliphatic carbocycles. The number of nitrogens with zero attached hydrogens (tertiary/aromatic N) is 2. The van der Waals surface area contributed by atoms with Gasteiger partial charge in [-0.15, -0.1) is 0 Å². The lowest BCUT2D eigenvalue weighted by Crippen LogP contribution is -2.38. The number of fused-ring (bicyclic) bond motifs is 1. The van der Waals surface area contributed by atoms with E-state index in [9.17, 15) is 18.6 Å². The molecule has 4 rings (SSSR count). The van der Waals surface area contributed by atoms with E-state index in [1.807, 2.05) is 6.92 Å². The highest BCUT2D eigenvalue weighted by Crippen LogP contribution is 2.39. The number of sulfonamides is 1. The molecule has 2 fully saturated rings. The topological polar surface area (TPSA) is 117 Å². The molecule has 142 valence electrons. The summed E-state index contributed by atoms with van der Waals surface area (Å²) in [5.74, 6) is 0.850. The van der Waals surface area contributed by atoms with Crippen LogP contribution in [0.15, 0.2) is 26.2 Å². The molecule has 1 saturated carbocycles. The van der Waals surface area contributed by atoms with E-state index in [2.05, 4.69) is 5.16 Å². The summed E-state index contributed by atoms with van der Waals surface area (Å²) in [7, 11) is -3.78. The van der Waals surface area contributed by atoms with Gasteiger partial charge >= 0.3 is 0 Å². The Morgan fingerprint density at radius 2 is 1.73 bits per heavy atom. The van der Waals surface area contributed by atoms with E-state index in [0.717, 1.165) is 11.3 Å². The average Bonchev–Trinajstić information content (AvgIpc) is 3.29. The molecule has 3 heterocycles. The number of hydrogen-bond donors (Lipinski definition) is 2. The Hall–Kier alpha value is -1.68. The molecular weight excluding hydrogens is 360 g/mol. The van der Waals surface area contributed by atoms with Crippen LogP contribution in [0, 0.1) is 25.7 Å². The van der Waals surface area contributed by atoms with Crippen molar-refractivity contribution in [3.63, 3.8) is 0 Å². The predicted octanol–water partition coefficient (Wildman–Crippen LogP) is 1.30. The fourth-order valence-electron chi connectivity index (χ4n) is 3.91. The Morgan fingerprint density at radius 1 is 1.12 bits per heavy atom. The van der Waals surface area contributed by atoms with Crippen LogP contribution in [0.1, 0.15) is 24.1 Å². The summed E-state index contributed by atoms with van der Waals surface area (Å²) in [5.41, 5.74) is 1.53. The van der Waals surface area contributed by atoms with Crippen LogP contribution in [0.5, 0.6) is 0 Å². The van der Waals surface area contributed by atoms with E-state index < -0.39 is 22.2 Å². The summed E-state index contributed by atoms with van der Waals surface area (Å²) < 4.78 is 38.1. The predicted molar refractivity (Wildman–Crippen MR) is 90.7 cm³/mol. The molecule has 1 aliphatic heterocycles. The molecular formula is C17H22N2O6S. The van der Waals surface area contributed by atoms with Crippen molar-refractivity contribution in [1.29, 1.82) is 0 Å². The van der Waals surface area contributed by atoms with Crippen molar-refractivity contribution in [3.8, 4) is 11.5 Å². The Kier molecular flexibility index (Phi) is 4.22. The van der Waals surface area contributed by atoms with Gasteiger partial charge in [-0.3, -0.25) is 0 Å². The van der Waals surface area contributed by atoms with Gasteiger partial charge in [0.2, 0.25) is 10.9 Å². The lowest BCUT2D eigenvalue weighted by atomic mass is 9.79. The maximum absolute atomic E-state index is 12.9. The largest absolute Gasteiger partial charge is 0.440 e. The van der Waals surface area contributed by atoms with Crippen LogP contribution < -0.4 is 0 Å². The number of aromatic nitrogens is 1. The third kappa shape index (κ3) is 2.79. The molecule has 0 spiro atoms. The highest BCUT2D eigenvalue weighted by atomic mass is 32.2. The SMILES string of the molecule is Cc1noc(-c2ccc(S(=O)(=O)N3C[C@H]4C[C@H](O)[C@H](O)C[C@H]4C3)o2)c1C. The first kappa shape index (κ1) is 17.7. The fourth-order valence-corrected chi connectivity index (χ4v) is 5.38. The van der Waals surface area contributed by atoms with E-state index in [-0.39, 0.29) is 16.9 Å². The minimum Gasteiger partial charge on any atom is -0.440 e. The van der Waals surface area contributed by atoms with Gasteiger partial charge in [0.1, 0.15) is 0 Å². The van der Waals surface area contributed by atoms with Gasteiger partial charge in [-0.1, -0.05) is 5.16 Å². The van der Waals surface area contributed by atoms with Crippen molar-refractivity contribution in [2.24, 2.45) is 11.8 Å². The average molecular weight is 382 g/mol. The van der Waals surface area contributed by atoms with Crippen molar-refractivity contribution >= 4 is 10.0 Å². The Morgan fingerprint density at radius 3 is 2.27 bits per heavy atom. The van der Waals surface area contributed by atoms with E-state index in [4.69, 9.17) is 8.94 Å². The lowest BCUT2D eigenvalue weighted by Gasteiger charge is -2.31. The van der Waals surface area contributed by atoms with E-state index in [1.165, 1.54) is 10.4 Å². The van der Waals surface area contributed by atoms with Crippen molar-refractivity contribution in [2.75, 3.05) is 13.1 Å². The van der Waals surface area contributed by atoms with E-state index in [0.29, 0.717) is 37.5 Å². The first-order chi connectivity index (χ1) is 12.3. The number of furan rings is 1. The molecule has 26 heavy (non-hydrogen) atoms. The normalized spacial score (nSPS) is 29.8. The summed E-state index contributed by atoms with van der Waals surface area (Å²) >= 11 is 0. The van der Waals surface area contributed by atoms with Gasteiger partial charge in [0.05, 0.1) is 17.9 Å². The van der Waals surface area contributed by atoms with Gasteiger partial charge in [0.15, 0.2) is 5.76 Å². The molecule has 2 aliphatic rings. The van der Waals surface area contributed by atoms with E-state index >= 15 is 0 Å². The monoisotopic (exact) mass is 382 g/mol. The lowest BCUT2D eigenvalue weighted by molar-refractivity contribution is -0.0372. The summed E-state index contributed by atoms with van der Waals surface area (Å²) in [6.07, 6.45) is -0.742. The zero-order valence-electron chi connectivity index (χ0n) is 14.6. The molecule has 0 aromatic carbocycles. The number of rotatable bonds is 3. The van der Waals surface area contributed by atoms with Crippen LogP contribution in [0.25, 0.3) is 11.5 Å². The molecule has 2 aromatic rings. The number of hydrogen-bond acceptors (Lipinski definition) is 7. The minimum atomic E-state index is -3.78. The van der Waals surface area contributed by atoms with Crippen molar-refractivity contribution in [1.82, 2.24) is 9.46 Å². The first-order valence-corrected chi connectivity index (χ1v) is 10.1. The molecule has 2 aromatic heterocycles. The molecule has 0 amide bonds. The summed E-state index contributed by atoms with van der Waals surface area (Å²) in [6.45, 7) is 4.29. The smallest absolute Gasteiger partial charge is 0.276 e. The van der Waals surface area contributed by atoms with Crippen LogP contribution in [-0.4, -0.2) is 53.4 Å². The second-order valence-corrected chi connectivity index (χ2v) is 9.16. The van der Waals surface area contributed by atoms with Crippen molar-refractivity contribution < 1.29 is 27.6 Å². The molecule has 0 radical (unpaired) electrons. The van der Waals surface area contributed by atoms with Crippen LogP contribution in [0.2, 0.25) is 0 Å². The Labute approximate surface area is 151 Å². The Balaban J connectivity index is 1.57. The molecule has 8 nitrogen and oxygen atoms in total. The quantitative estimate of drug-likeness (QED) is 0.822. The van der Waals surface area contributed by atoms with Crippen LogP contribution in [0.3, 0.4) is 0 Å². The van der Waals surface area contributed by atoms with Crippen molar-refractivity contribution in [2.45, 2.75) is 44.0 Å². The molecule has 4 atom stereocenters. The second kappa shape index (κ2) is 6.19. The third-order valence-electron chi connectivity index (χ3n) is 5.63. The Bertz CT molecular complexity index is 900. The van der Waals surface area contributed by atoms with Gasteiger partial charge in [-0.25, -0.2) is 8.42 Å².